The lowest BCUT2D eigenvalue weighted by Gasteiger charge is -1.55. The van der Waals surface area contributed by atoms with Crippen molar-refractivity contribution in [3.63, 3.8) is 0 Å². The molecule has 10 heavy (non-hydrogen) atoms. The molecule has 2 N–H and O–H groups in total. The molecule has 0 unspecified atom stereocenters. The van der Waals surface area contributed by atoms with E-state index in [4.69, 9.17) is 21.6 Å². The zero-order chi connectivity index (χ0) is 7.56. The van der Waals surface area contributed by atoms with Gasteiger partial charge in [0, 0.05) is 11.1 Å². The second-order valence-electron chi connectivity index (χ2n) is 1.81. The zero-order valence-corrected chi connectivity index (χ0v) is 5.97. The van der Waals surface area contributed by atoms with Gasteiger partial charge >= 0.3 is 7.69 Å². The van der Waals surface area contributed by atoms with E-state index in [0.717, 1.165) is 5.02 Å². The van der Waals surface area contributed by atoms with Crippen molar-refractivity contribution in [1.82, 2.24) is 0 Å². The zero-order valence-electron chi connectivity index (χ0n) is 5.21. The average Bonchev–Trinajstić information content (AvgIpc) is 2.41. The summed E-state index contributed by atoms with van der Waals surface area (Å²) in [7, 11) is -0.750. The van der Waals surface area contributed by atoms with Crippen molar-refractivity contribution in [3.05, 3.63) is 23.2 Å². The molecule has 52 valence electrons. The number of benzene rings is 1. The van der Waals surface area contributed by atoms with Gasteiger partial charge in [0.2, 0.25) is 0 Å². The Morgan fingerprint density at radius 1 is 1.20 bits per heavy atom. The number of halogens is 1. The van der Waals surface area contributed by atoms with E-state index in [0.29, 0.717) is 0 Å². The lowest BCUT2D eigenvalue weighted by atomic mass is 10.5. The van der Waals surface area contributed by atoms with Crippen molar-refractivity contribution >= 4 is 19.3 Å². The first-order valence-electron chi connectivity index (χ1n) is 2.82. The highest BCUT2D eigenvalue weighted by molar-refractivity contribution is 6.41. The number of hydrogen-bond donors (Lipinski definition) is 2. The molecule has 0 atom stereocenters. The van der Waals surface area contributed by atoms with Crippen molar-refractivity contribution in [2.75, 3.05) is 0 Å². The fourth-order valence-electron chi connectivity index (χ4n) is 0.758. The lowest BCUT2D eigenvalue weighted by Crippen LogP contribution is -1.75. The van der Waals surface area contributed by atoms with E-state index in [9.17, 15) is 0 Å². The highest BCUT2D eigenvalue weighted by Gasteiger charge is 2.19. The Balaban J connectivity index is 0.000000148. The Labute approximate surface area is 64.4 Å². The minimum absolute atomic E-state index is 0.750. The molecule has 0 aromatic heterocycles. The molecule has 0 saturated heterocycles. The summed E-state index contributed by atoms with van der Waals surface area (Å²) >= 11 is 5.61. The molecular formula is C6H6BClO2. The molecular weight excluding hydrogens is 150 g/mol. The Morgan fingerprint density at radius 2 is 1.60 bits per heavy atom. The molecule has 0 spiro atoms. The third-order valence-electron chi connectivity index (χ3n) is 1.23. The third-order valence-corrected chi connectivity index (χ3v) is 1.63. The summed E-state index contributed by atoms with van der Waals surface area (Å²) in [6, 6.07) is 6.06. The predicted octanol–water partition coefficient (Wildman–Crippen LogP) is 0.558. The van der Waals surface area contributed by atoms with Crippen LogP contribution < -0.4 is 0 Å². The van der Waals surface area contributed by atoms with Gasteiger partial charge in [-0.15, -0.1) is 0 Å². The molecule has 0 aromatic carbocycles. The van der Waals surface area contributed by atoms with E-state index >= 15 is 0 Å². The van der Waals surface area contributed by atoms with Crippen molar-refractivity contribution < 1.29 is 10.0 Å². The van der Waals surface area contributed by atoms with Crippen LogP contribution in [0.4, 0.5) is 0 Å². The Morgan fingerprint density at radius 3 is 1.80 bits per heavy atom. The summed E-state index contributed by atoms with van der Waals surface area (Å²) in [5, 5.41) is 15.2. The van der Waals surface area contributed by atoms with Crippen molar-refractivity contribution in [2.45, 2.75) is 0 Å². The first-order chi connectivity index (χ1) is 4.81. The van der Waals surface area contributed by atoms with Gasteiger partial charge in [-0.25, -0.2) is 0 Å². The van der Waals surface area contributed by atoms with Gasteiger partial charge in [-0.3, -0.25) is 0 Å². The van der Waals surface area contributed by atoms with Crippen LogP contribution in [0.2, 0.25) is 5.02 Å². The smallest absolute Gasteiger partial charge is 0.430 e. The van der Waals surface area contributed by atoms with Gasteiger partial charge in [0.1, 0.15) is 0 Å². The van der Waals surface area contributed by atoms with E-state index in [1.807, 2.05) is 18.2 Å². The standard InChI is InChI=1S/C6H3Cl.BH3O2/c7-6-4-2-1-3-5(4)6;2-1-3/h1-3H;1-3H. The SMILES string of the molecule is Clc1c2cccc1-2.OBO. The summed E-state index contributed by atoms with van der Waals surface area (Å²) in [6.07, 6.45) is 0. The summed E-state index contributed by atoms with van der Waals surface area (Å²) in [5.41, 5.74) is 2.48. The lowest BCUT2D eigenvalue weighted by molar-refractivity contribution is 0.448. The Hall–Kier alpha value is -0.505. The fourth-order valence-corrected chi connectivity index (χ4v) is 1.04. The molecule has 2 nitrogen and oxygen atoms in total. The summed E-state index contributed by atoms with van der Waals surface area (Å²) < 4.78 is 0. The van der Waals surface area contributed by atoms with E-state index < -0.39 is 7.69 Å². The van der Waals surface area contributed by atoms with Gasteiger partial charge in [0.25, 0.3) is 0 Å². The Kier molecular flexibility index (Phi) is 2.32. The molecule has 0 bridgehead atoms. The van der Waals surface area contributed by atoms with Crippen molar-refractivity contribution in [1.29, 1.82) is 0 Å². The molecule has 0 heterocycles. The van der Waals surface area contributed by atoms with Gasteiger partial charge in [-0.2, -0.15) is 0 Å². The Bertz CT molecular complexity index is 219. The van der Waals surface area contributed by atoms with Crippen LogP contribution >= 0.6 is 11.6 Å². The second kappa shape index (κ2) is 3.06. The second-order valence-corrected chi connectivity index (χ2v) is 2.19. The first-order valence-corrected chi connectivity index (χ1v) is 3.19. The summed E-state index contributed by atoms with van der Waals surface area (Å²) in [4.78, 5) is 0. The maximum absolute atomic E-state index is 7.12. The van der Waals surface area contributed by atoms with Gasteiger partial charge in [0.05, 0.1) is 5.02 Å². The van der Waals surface area contributed by atoms with Crippen LogP contribution in [0.15, 0.2) is 18.2 Å². The van der Waals surface area contributed by atoms with Crippen LogP contribution in [0.25, 0.3) is 11.1 Å². The third kappa shape index (κ3) is 1.32. The molecule has 0 radical (unpaired) electrons. The molecule has 0 aliphatic heterocycles. The molecule has 2 aliphatic rings. The van der Waals surface area contributed by atoms with Crippen LogP contribution in [0.1, 0.15) is 0 Å². The van der Waals surface area contributed by atoms with E-state index in [2.05, 4.69) is 0 Å². The number of hydrogen-bond acceptors (Lipinski definition) is 2. The molecule has 4 heteroatoms. The van der Waals surface area contributed by atoms with E-state index in [1.165, 1.54) is 11.1 Å². The molecule has 0 aromatic rings. The monoisotopic (exact) mass is 156 g/mol. The number of fused-ring (bicyclic) bond motifs is 1. The highest BCUT2D eigenvalue weighted by atomic mass is 35.5. The quantitative estimate of drug-likeness (QED) is 0.547. The predicted molar refractivity (Wildman–Crippen MR) is 42.0 cm³/mol. The fraction of sp³-hybridized carbons (Fsp3) is 0. The highest BCUT2D eigenvalue weighted by Crippen LogP contribution is 2.47. The summed E-state index contributed by atoms with van der Waals surface area (Å²) in [5.74, 6) is 0. The van der Waals surface area contributed by atoms with Crippen LogP contribution in [0.3, 0.4) is 0 Å². The normalized spacial score (nSPS) is 9.50. The average molecular weight is 156 g/mol. The summed E-state index contributed by atoms with van der Waals surface area (Å²) in [6.45, 7) is 0. The van der Waals surface area contributed by atoms with E-state index in [1.54, 1.807) is 0 Å². The molecule has 0 fully saturated rings. The van der Waals surface area contributed by atoms with Crippen LogP contribution in [-0.4, -0.2) is 17.7 Å². The van der Waals surface area contributed by atoms with Gasteiger partial charge in [-0.1, -0.05) is 29.8 Å². The van der Waals surface area contributed by atoms with Crippen LogP contribution in [0.5, 0.6) is 0 Å². The van der Waals surface area contributed by atoms with Crippen molar-refractivity contribution in [3.8, 4) is 11.1 Å². The molecule has 2 rings (SSSR count). The van der Waals surface area contributed by atoms with Gasteiger partial charge < -0.3 is 10.0 Å². The largest absolute Gasteiger partial charge is 0.432 e. The van der Waals surface area contributed by atoms with Gasteiger partial charge in [0.15, 0.2) is 0 Å². The van der Waals surface area contributed by atoms with Crippen LogP contribution in [0, 0.1) is 0 Å². The van der Waals surface area contributed by atoms with Crippen molar-refractivity contribution in [2.24, 2.45) is 0 Å². The van der Waals surface area contributed by atoms with Crippen LogP contribution in [-0.2, 0) is 0 Å². The maximum atomic E-state index is 7.12. The molecule has 0 saturated carbocycles. The van der Waals surface area contributed by atoms with E-state index in [-0.39, 0.29) is 0 Å². The minimum Gasteiger partial charge on any atom is -0.430 e. The number of rotatable bonds is 0. The van der Waals surface area contributed by atoms with Gasteiger partial charge in [-0.05, 0) is 0 Å². The molecule has 2 aliphatic carbocycles. The topological polar surface area (TPSA) is 40.5 Å². The molecule has 0 amide bonds. The first kappa shape index (κ1) is 7.60. The maximum Gasteiger partial charge on any atom is 0.432 e. The minimum atomic E-state index is -0.750.